The van der Waals surface area contributed by atoms with E-state index in [0.717, 1.165) is 12.1 Å². The smallest absolute Gasteiger partial charge is 0.416 e. The van der Waals surface area contributed by atoms with Gasteiger partial charge in [0.15, 0.2) is 0 Å². The third-order valence-electron chi connectivity index (χ3n) is 3.31. The molecule has 24 heavy (non-hydrogen) atoms. The Bertz CT molecular complexity index is 715. The second-order valence-corrected chi connectivity index (χ2v) is 5.19. The molecule has 0 aromatic heterocycles. The van der Waals surface area contributed by atoms with Gasteiger partial charge in [-0.3, -0.25) is 5.32 Å². The Hall–Kier alpha value is -2.21. The first-order valence-electron chi connectivity index (χ1n) is 7.15. The van der Waals surface area contributed by atoms with Gasteiger partial charge in [0.05, 0.1) is 12.2 Å². The van der Waals surface area contributed by atoms with Crippen molar-refractivity contribution in [1.82, 2.24) is 0 Å². The minimum atomic E-state index is -4.37. The zero-order valence-corrected chi connectivity index (χ0v) is 13.5. The summed E-state index contributed by atoms with van der Waals surface area (Å²) in [5.74, 6) is 0.135. The fourth-order valence-corrected chi connectivity index (χ4v) is 2.36. The molecule has 0 bridgehead atoms. The molecule has 1 N–H and O–H groups in total. The first-order valence-corrected chi connectivity index (χ1v) is 7.69. The molecule has 0 saturated heterocycles. The number of hydrogen-bond acceptors (Lipinski definition) is 2. The largest absolute Gasteiger partial charge is 0.450 e. The molecule has 0 aliphatic rings. The van der Waals surface area contributed by atoms with Crippen molar-refractivity contribution >= 4 is 23.4 Å². The minimum Gasteiger partial charge on any atom is -0.450 e. The maximum Gasteiger partial charge on any atom is 0.416 e. The van der Waals surface area contributed by atoms with Crippen molar-refractivity contribution in [3.05, 3.63) is 53.6 Å². The molecule has 1 amide bonds. The van der Waals surface area contributed by atoms with Gasteiger partial charge in [-0.1, -0.05) is 18.2 Å². The Morgan fingerprint density at radius 3 is 2.29 bits per heavy atom. The molecular formula is C17H15ClF3NO2. The summed E-state index contributed by atoms with van der Waals surface area (Å²) in [6.07, 6.45) is -4.96. The zero-order chi connectivity index (χ0) is 17.7. The van der Waals surface area contributed by atoms with E-state index >= 15 is 0 Å². The average Bonchev–Trinajstić information content (AvgIpc) is 2.55. The summed E-state index contributed by atoms with van der Waals surface area (Å²) in [7, 11) is 0. The Labute approximate surface area is 142 Å². The molecule has 0 aliphatic carbocycles. The van der Waals surface area contributed by atoms with Gasteiger partial charge in [-0.15, -0.1) is 11.6 Å². The van der Waals surface area contributed by atoms with E-state index in [1.807, 2.05) is 0 Å². The fraction of sp³-hybridized carbons (Fsp3) is 0.235. The number of ether oxygens (including phenoxy) is 1. The van der Waals surface area contributed by atoms with Crippen molar-refractivity contribution in [2.45, 2.75) is 19.0 Å². The van der Waals surface area contributed by atoms with Gasteiger partial charge in [-0.25, -0.2) is 4.79 Å². The van der Waals surface area contributed by atoms with E-state index in [1.165, 1.54) is 12.1 Å². The normalized spacial score (nSPS) is 11.2. The van der Waals surface area contributed by atoms with Crippen LogP contribution in [0.2, 0.25) is 0 Å². The van der Waals surface area contributed by atoms with Crippen LogP contribution in [0.4, 0.5) is 23.7 Å². The van der Waals surface area contributed by atoms with Gasteiger partial charge < -0.3 is 4.74 Å². The summed E-state index contributed by atoms with van der Waals surface area (Å²) >= 11 is 5.90. The first kappa shape index (κ1) is 18.1. The molecular weight excluding hydrogens is 343 g/mol. The van der Waals surface area contributed by atoms with Crippen molar-refractivity contribution in [2.75, 3.05) is 11.9 Å². The fourth-order valence-electron chi connectivity index (χ4n) is 2.13. The first-order chi connectivity index (χ1) is 11.3. The molecule has 2 aromatic rings. The van der Waals surface area contributed by atoms with E-state index in [4.69, 9.17) is 16.3 Å². The lowest BCUT2D eigenvalue weighted by Crippen LogP contribution is -2.14. The molecule has 2 aromatic carbocycles. The topological polar surface area (TPSA) is 38.3 Å². The van der Waals surface area contributed by atoms with Crippen LogP contribution >= 0.6 is 11.6 Å². The number of anilines is 1. The number of rotatable bonds is 4. The highest BCUT2D eigenvalue weighted by Crippen LogP contribution is 2.32. The summed E-state index contributed by atoms with van der Waals surface area (Å²) in [6, 6.07) is 9.91. The molecule has 2 rings (SSSR count). The second-order valence-electron chi connectivity index (χ2n) is 4.93. The van der Waals surface area contributed by atoms with Crippen LogP contribution in [0.3, 0.4) is 0 Å². The standard InChI is InChI=1S/C17H15ClF3NO2/c1-2-24-16(23)22-15-8-5-12(9-13(15)10-18)11-3-6-14(7-4-11)17(19,20)21/h3-9H,2,10H2,1H3,(H,22,23). The minimum absolute atomic E-state index is 0.135. The van der Waals surface area contributed by atoms with Crippen molar-refractivity contribution < 1.29 is 22.7 Å². The number of halogens is 4. The van der Waals surface area contributed by atoms with E-state index in [1.54, 1.807) is 25.1 Å². The van der Waals surface area contributed by atoms with Gasteiger partial charge in [0, 0.05) is 11.6 Å². The lowest BCUT2D eigenvalue weighted by molar-refractivity contribution is -0.137. The molecule has 0 unspecified atom stereocenters. The number of carbonyl (C=O) groups is 1. The Morgan fingerprint density at radius 1 is 1.12 bits per heavy atom. The van der Waals surface area contributed by atoms with Gasteiger partial charge in [0.25, 0.3) is 0 Å². The highest BCUT2D eigenvalue weighted by molar-refractivity contribution is 6.17. The maximum atomic E-state index is 12.6. The zero-order valence-electron chi connectivity index (χ0n) is 12.8. The van der Waals surface area contributed by atoms with Crippen LogP contribution in [-0.4, -0.2) is 12.7 Å². The van der Waals surface area contributed by atoms with Gasteiger partial charge in [-0.2, -0.15) is 13.2 Å². The van der Waals surface area contributed by atoms with E-state index in [9.17, 15) is 18.0 Å². The molecule has 0 radical (unpaired) electrons. The molecule has 0 saturated carbocycles. The molecule has 0 fully saturated rings. The highest BCUT2D eigenvalue weighted by Gasteiger charge is 2.29. The molecule has 0 heterocycles. The number of carbonyl (C=O) groups excluding carboxylic acids is 1. The Morgan fingerprint density at radius 2 is 1.75 bits per heavy atom. The summed E-state index contributed by atoms with van der Waals surface area (Å²) in [6.45, 7) is 1.93. The third kappa shape index (κ3) is 4.41. The number of benzene rings is 2. The monoisotopic (exact) mass is 357 g/mol. The lowest BCUT2D eigenvalue weighted by atomic mass is 10.0. The van der Waals surface area contributed by atoms with Gasteiger partial charge >= 0.3 is 12.3 Å². The molecule has 128 valence electrons. The molecule has 7 heteroatoms. The van der Waals surface area contributed by atoms with Crippen LogP contribution < -0.4 is 5.32 Å². The van der Waals surface area contributed by atoms with Gasteiger partial charge in [0.1, 0.15) is 0 Å². The van der Waals surface area contributed by atoms with E-state index in [0.29, 0.717) is 22.4 Å². The number of alkyl halides is 4. The van der Waals surface area contributed by atoms with Crippen LogP contribution in [0, 0.1) is 0 Å². The predicted molar refractivity (Wildman–Crippen MR) is 87.1 cm³/mol. The Kier molecular flexibility index (Phi) is 5.72. The van der Waals surface area contributed by atoms with Crippen molar-refractivity contribution in [1.29, 1.82) is 0 Å². The third-order valence-corrected chi connectivity index (χ3v) is 3.59. The van der Waals surface area contributed by atoms with Crippen LogP contribution in [0.15, 0.2) is 42.5 Å². The molecule has 0 spiro atoms. The summed E-state index contributed by atoms with van der Waals surface area (Å²) < 4.78 is 42.6. The Balaban J connectivity index is 2.27. The van der Waals surface area contributed by atoms with Crippen LogP contribution in [0.1, 0.15) is 18.1 Å². The number of hydrogen-bond donors (Lipinski definition) is 1. The number of amides is 1. The highest BCUT2D eigenvalue weighted by atomic mass is 35.5. The molecule has 3 nitrogen and oxygen atoms in total. The van der Waals surface area contributed by atoms with E-state index in [2.05, 4.69) is 5.32 Å². The van der Waals surface area contributed by atoms with Crippen molar-refractivity contribution in [2.24, 2.45) is 0 Å². The lowest BCUT2D eigenvalue weighted by Gasteiger charge is -2.12. The van der Waals surface area contributed by atoms with E-state index in [-0.39, 0.29) is 12.5 Å². The number of nitrogens with one attached hydrogen (secondary N) is 1. The van der Waals surface area contributed by atoms with Crippen molar-refractivity contribution in [3.8, 4) is 11.1 Å². The average molecular weight is 358 g/mol. The van der Waals surface area contributed by atoms with Gasteiger partial charge in [0.2, 0.25) is 0 Å². The second kappa shape index (κ2) is 7.57. The molecule has 0 aliphatic heterocycles. The van der Waals surface area contributed by atoms with Crippen LogP contribution in [0.5, 0.6) is 0 Å². The van der Waals surface area contributed by atoms with Gasteiger partial charge in [-0.05, 0) is 47.9 Å². The summed E-state index contributed by atoms with van der Waals surface area (Å²) in [5.41, 5.74) is 1.76. The molecule has 0 atom stereocenters. The van der Waals surface area contributed by atoms with E-state index < -0.39 is 17.8 Å². The van der Waals surface area contributed by atoms with Crippen LogP contribution in [0.25, 0.3) is 11.1 Å². The maximum absolute atomic E-state index is 12.6. The summed E-state index contributed by atoms with van der Waals surface area (Å²) in [5, 5.41) is 2.58. The quantitative estimate of drug-likeness (QED) is 0.715. The summed E-state index contributed by atoms with van der Waals surface area (Å²) in [4.78, 5) is 11.5. The predicted octanol–water partition coefficient (Wildman–Crippen LogP) is 5.68. The SMILES string of the molecule is CCOC(=O)Nc1ccc(-c2ccc(C(F)(F)F)cc2)cc1CCl. The van der Waals surface area contributed by atoms with Crippen LogP contribution in [-0.2, 0) is 16.8 Å². The van der Waals surface area contributed by atoms with Crippen molar-refractivity contribution in [3.63, 3.8) is 0 Å².